The molecule has 1 aliphatic carbocycles. The number of pyridine rings is 1. The average molecular weight is 235 g/mol. The molecule has 2 nitrogen and oxygen atoms in total. The van der Waals surface area contributed by atoms with Crippen molar-refractivity contribution in [2.75, 3.05) is 11.2 Å². The van der Waals surface area contributed by atoms with E-state index >= 15 is 0 Å². The Morgan fingerprint density at radius 2 is 2.29 bits per heavy atom. The van der Waals surface area contributed by atoms with Crippen molar-refractivity contribution in [1.82, 2.24) is 4.98 Å². The minimum absolute atomic E-state index is 0.150. The van der Waals surface area contributed by atoms with Crippen LogP contribution in [0.4, 0.5) is 10.2 Å². The fourth-order valence-electron chi connectivity index (χ4n) is 1.20. The minimum atomic E-state index is -0.436. The van der Waals surface area contributed by atoms with Gasteiger partial charge in [-0.3, -0.25) is 0 Å². The van der Waals surface area contributed by atoms with E-state index in [4.69, 9.17) is 23.2 Å². The van der Waals surface area contributed by atoms with Gasteiger partial charge in [-0.1, -0.05) is 11.6 Å². The summed E-state index contributed by atoms with van der Waals surface area (Å²) in [5.74, 6) is 0.262. The van der Waals surface area contributed by atoms with Gasteiger partial charge in [0.2, 0.25) is 0 Å². The van der Waals surface area contributed by atoms with Gasteiger partial charge in [0.15, 0.2) is 11.6 Å². The number of alkyl halides is 1. The second-order valence-electron chi connectivity index (χ2n) is 3.52. The van der Waals surface area contributed by atoms with Crippen LogP contribution in [-0.2, 0) is 0 Å². The van der Waals surface area contributed by atoms with Gasteiger partial charge in [-0.2, -0.15) is 0 Å². The Morgan fingerprint density at radius 3 is 2.79 bits per heavy atom. The minimum Gasteiger partial charge on any atom is -0.361 e. The van der Waals surface area contributed by atoms with Gasteiger partial charge in [0, 0.05) is 12.1 Å². The Hall–Kier alpha value is -0.540. The van der Waals surface area contributed by atoms with Crippen molar-refractivity contribution in [3.05, 3.63) is 23.1 Å². The van der Waals surface area contributed by atoms with Crippen LogP contribution in [0.5, 0.6) is 0 Å². The van der Waals surface area contributed by atoms with E-state index in [1.807, 2.05) is 0 Å². The molecule has 0 amide bonds. The van der Waals surface area contributed by atoms with Crippen molar-refractivity contribution in [2.24, 2.45) is 0 Å². The molecule has 76 valence electrons. The fraction of sp³-hybridized carbons (Fsp3) is 0.444. The highest BCUT2D eigenvalue weighted by molar-refractivity contribution is 6.30. The number of hydrogen-bond donors (Lipinski definition) is 1. The van der Waals surface area contributed by atoms with Gasteiger partial charge in [0.25, 0.3) is 0 Å². The van der Waals surface area contributed by atoms with Crippen molar-refractivity contribution >= 4 is 29.0 Å². The lowest BCUT2D eigenvalue weighted by molar-refractivity contribution is 0.619. The summed E-state index contributed by atoms with van der Waals surface area (Å²) >= 11 is 11.3. The zero-order valence-electron chi connectivity index (χ0n) is 7.36. The Kier molecular flexibility index (Phi) is 2.54. The lowest BCUT2D eigenvalue weighted by Crippen LogP contribution is -2.24. The van der Waals surface area contributed by atoms with Crippen molar-refractivity contribution < 1.29 is 4.39 Å². The van der Waals surface area contributed by atoms with E-state index in [1.165, 1.54) is 12.3 Å². The largest absolute Gasteiger partial charge is 0.361 e. The van der Waals surface area contributed by atoms with Crippen LogP contribution in [0.2, 0.25) is 5.02 Å². The normalized spacial score (nSPS) is 17.9. The van der Waals surface area contributed by atoms with Crippen LogP contribution < -0.4 is 5.32 Å². The van der Waals surface area contributed by atoms with Crippen LogP contribution in [0.3, 0.4) is 0 Å². The predicted molar refractivity (Wildman–Crippen MR) is 55.5 cm³/mol. The van der Waals surface area contributed by atoms with Crippen LogP contribution in [0.25, 0.3) is 0 Å². The third kappa shape index (κ3) is 1.93. The summed E-state index contributed by atoms with van der Waals surface area (Å²) in [6.45, 7) is 0. The van der Waals surface area contributed by atoms with E-state index in [9.17, 15) is 4.39 Å². The molecule has 0 unspecified atom stereocenters. The molecule has 1 aromatic heterocycles. The van der Waals surface area contributed by atoms with Crippen molar-refractivity contribution in [1.29, 1.82) is 0 Å². The maximum absolute atomic E-state index is 13.3. The van der Waals surface area contributed by atoms with Crippen LogP contribution in [0.15, 0.2) is 12.3 Å². The number of aromatic nitrogens is 1. The molecule has 0 spiro atoms. The lowest BCUT2D eigenvalue weighted by atomic mass is 10.3. The summed E-state index contributed by atoms with van der Waals surface area (Å²) in [6, 6.07) is 1.24. The maximum Gasteiger partial charge on any atom is 0.166 e. The van der Waals surface area contributed by atoms with Crippen molar-refractivity contribution in [3.8, 4) is 0 Å². The molecule has 1 aliphatic rings. The molecule has 0 aliphatic heterocycles. The Morgan fingerprint density at radius 1 is 1.57 bits per heavy atom. The van der Waals surface area contributed by atoms with Gasteiger partial charge in [-0.05, 0) is 18.9 Å². The van der Waals surface area contributed by atoms with E-state index in [2.05, 4.69) is 10.3 Å². The quantitative estimate of drug-likeness (QED) is 0.814. The topological polar surface area (TPSA) is 24.9 Å². The summed E-state index contributed by atoms with van der Waals surface area (Å²) in [5, 5.41) is 3.29. The number of anilines is 1. The van der Waals surface area contributed by atoms with Gasteiger partial charge in [-0.15, -0.1) is 11.6 Å². The summed E-state index contributed by atoms with van der Waals surface area (Å²) in [5.41, 5.74) is -0.150. The standard InChI is InChI=1S/C9H9Cl2FN2/c10-5-9(1-2-9)14-8-7(12)3-6(11)4-13-8/h3-4H,1-2,5H2,(H,13,14). The molecule has 1 fully saturated rings. The molecular weight excluding hydrogens is 226 g/mol. The molecule has 5 heteroatoms. The predicted octanol–water partition coefficient (Wildman–Crippen LogP) is 3.06. The van der Waals surface area contributed by atoms with Gasteiger partial charge in [-0.25, -0.2) is 9.37 Å². The molecule has 1 saturated carbocycles. The first-order valence-corrected chi connectivity index (χ1v) is 5.22. The Labute approximate surface area is 91.4 Å². The molecule has 0 aromatic carbocycles. The fourth-order valence-corrected chi connectivity index (χ4v) is 1.68. The molecule has 14 heavy (non-hydrogen) atoms. The van der Waals surface area contributed by atoms with Gasteiger partial charge in [0.05, 0.1) is 10.6 Å². The van der Waals surface area contributed by atoms with Crippen LogP contribution in [0.1, 0.15) is 12.8 Å². The van der Waals surface area contributed by atoms with E-state index in [-0.39, 0.29) is 11.4 Å². The highest BCUT2D eigenvalue weighted by Gasteiger charge is 2.42. The monoisotopic (exact) mass is 234 g/mol. The second kappa shape index (κ2) is 3.55. The zero-order chi connectivity index (χ0) is 10.2. The molecule has 0 atom stereocenters. The van der Waals surface area contributed by atoms with E-state index in [0.29, 0.717) is 10.9 Å². The average Bonchev–Trinajstić information content (AvgIpc) is 2.91. The summed E-state index contributed by atoms with van der Waals surface area (Å²) in [7, 11) is 0. The molecular formula is C9H9Cl2FN2. The van der Waals surface area contributed by atoms with Crippen LogP contribution >= 0.6 is 23.2 Å². The van der Waals surface area contributed by atoms with Crippen molar-refractivity contribution in [3.63, 3.8) is 0 Å². The lowest BCUT2D eigenvalue weighted by Gasteiger charge is -2.14. The number of hydrogen-bond acceptors (Lipinski definition) is 2. The van der Waals surface area contributed by atoms with E-state index < -0.39 is 5.82 Å². The highest BCUT2D eigenvalue weighted by atomic mass is 35.5. The molecule has 0 radical (unpaired) electrons. The van der Waals surface area contributed by atoms with Gasteiger partial charge >= 0.3 is 0 Å². The first-order chi connectivity index (χ1) is 6.65. The molecule has 1 heterocycles. The molecule has 2 rings (SSSR count). The first-order valence-electron chi connectivity index (χ1n) is 4.30. The number of rotatable bonds is 3. The summed E-state index contributed by atoms with van der Waals surface area (Å²) in [4.78, 5) is 3.87. The second-order valence-corrected chi connectivity index (χ2v) is 4.23. The highest BCUT2D eigenvalue weighted by Crippen LogP contribution is 2.39. The SMILES string of the molecule is Fc1cc(Cl)cnc1NC1(CCl)CC1. The van der Waals surface area contributed by atoms with Crippen molar-refractivity contribution in [2.45, 2.75) is 18.4 Å². The number of nitrogens with one attached hydrogen (secondary N) is 1. The van der Waals surface area contributed by atoms with Crippen LogP contribution in [-0.4, -0.2) is 16.4 Å². The van der Waals surface area contributed by atoms with Gasteiger partial charge < -0.3 is 5.32 Å². The molecule has 1 N–H and O–H groups in total. The summed E-state index contributed by atoms with van der Waals surface area (Å²) in [6.07, 6.45) is 3.33. The number of halogens is 3. The van der Waals surface area contributed by atoms with Crippen LogP contribution in [0, 0.1) is 5.82 Å². The number of nitrogens with zero attached hydrogens (tertiary/aromatic N) is 1. The van der Waals surface area contributed by atoms with E-state index in [1.54, 1.807) is 0 Å². The third-order valence-electron chi connectivity index (χ3n) is 2.30. The Balaban J connectivity index is 2.17. The maximum atomic E-state index is 13.3. The third-order valence-corrected chi connectivity index (χ3v) is 3.02. The Bertz CT molecular complexity index is 353. The zero-order valence-corrected chi connectivity index (χ0v) is 8.87. The first kappa shape index (κ1) is 9.99. The smallest absolute Gasteiger partial charge is 0.166 e. The summed E-state index contributed by atoms with van der Waals surface area (Å²) < 4.78 is 13.3. The van der Waals surface area contributed by atoms with Gasteiger partial charge in [0.1, 0.15) is 0 Å². The molecule has 1 aromatic rings. The molecule has 0 bridgehead atoms. The van der Waals surface area contributed by atoms with E-state index in [0.717, 1.165) is 12.8 Å². The molecule has 0 saturated heterocycles.